The molecule has 7 nitrogen and oxygen atoms in total. The maximum absolute atomic E-state index is 13.2. The molecule has 1 aromatic heterocycles. The van der Waals surface area contributed by atoms with Crippen molar-refractivity contribution >= 4 is 38.7 Å². The molecule has 0 aliphatic carbocycles. The highest BCUT2D eigenvalue weighted by molar-refractivity contribution is 7.89. The molecule has 0 radical (unpaired) electrons. The molecule has 1 amide bonds. The van der Waals surface area contributed by atoms with E-state index in [-0.39, 0.29) is 23.3 Å². The van der Waals surface area contributed by atoms with Crippen molar-refractivity contribution in [3.63, 3.8) is 0 Å². The number of piperidine rings is 1. The summed E-state index contributed by atoms with van der Waals surface area (Å²) in [5, 5.41) is 0. The minimum absolute atomic E-state index is 0.0760. The second kappa shape index (κ2) is 8.62. The SMILES string of the molecule is CCCN(CCC)C(=O)C1CCCN(S(=O)(=O)c2cccc3nsnc23)C1. The topological polar surface area (TPSA) is 83.5 Å². The highest BCUT2D eigenvalue weighted by atomic mass is 32.2. The first-order chi connectivity index (χ1) is 13.0. The zero-order valence-corrected chi connectivity index (χ0v) is 17.4. The van der Waals surface area contributed by atoms with Crippen LogP contribution in [0.2, 0.25) is 0 Å². The lowest BCUT2D eigenvalue weighted by molar-refractivity contribution is -0.136. The van der Waals surface area contributed by atoms with Gasteiger partial charge in [0, 0.05) is 26.2 Å². The van der Waals surface area contributed by atoms with Gasteiger partial charge >= 0.3 is 0 Å². The molecule has 1 aliphatic rings. The number of aromatic nitrogens is 2. The van der Waals surface area contributed by atoms with E-state index < -0.39 is 10.0 Å². The number of nitrogens with zero attached hydrogens (tertiary/aromatic N) is 4. The van der Waals surface area contributed by atoms with E-state index in [0.29, 0.717) is 24.0 Å². The highest BCUT2D eigenvalue weighted by Crippen LogP contribution is 2.28. The van der Waals surface area contributed by atoms with Gasteiger partial charge in [0.1, 0.15) is 15.9 Å². The van der Waals surface area contributed by atoms with Crippen molar-refractivity contribution in [2.45, 2.75) is 44.4 Å². The Kier molecular flexibility index (Phi) is 6.44. The van der Waals surface area contributed by atoms with Crippen molar-refractivity contribution in [3.8, 4) is 0 Å². The largest absolute Gasteiger partial charge is 0.342 e. The second-order valence-corrected chi connectivity index (χ2v) is 9.35. The first-order valence-electron chi connectivity index (χ1n) is 9.49. The first kappa shape index (κ1) is 20.2. The van der Waals surface area contributed by atoms with Gasteiger partial charge in [-0.05, 0) is 37.8 Å². The summed E-state index contributed by atoms with van der Waals surface area (Å²) < 4.78 is 36.2. The average Bonchev–Trinajstić information content (AvgIpc) is 3.16. The van der Waals surface area contributed by atoms with Gasteiger partial charge in [0.15, 0.2) is 0 Å². The third-order valence-electron chi connectivity index (χ3n) is 4.90. The number of rotatable bonds is 7. The molecule has 0 bridgehead atoms. The number of hydrogen-bond acceptors (Lipinski definition) is 6. The van der Waals surface area contributed by atoms with Gasteiger partial charge in [0.05, 0.1) is 17.6 Å². The van der Waals surface area contributed by atoms with Crippen LogP contribution in [0.5, 0.6) is 0 Å². The Bertz CT molecular complexity index is 891. The fraction of sp³-hybridized carbons (Fsp3) is 0.611. The molecule has 1 saturated heterocycles. The van der Waals surface area contributed by atoms with Crippen LogP contribution in [-0.4, -0.2) is 58.5 Å². The minimum atomic E-state index is -3.71. The van der Waals surface area contributed by atoms with E-state index in [4.69, 9.17) is 0 Å². The third-order valence-corrected chi connectivity index (χ3v) is 7.34. The van der Waals surface area contributed by atoms with Crippen molar-refractivity contribution in [2.75, 3.05) is 26.2 Å². The third kappa shape index (κ3) is 4.14. The monoisotopic (exact) mass is 410 g/mol. The zero-order chi connectivity index (χ0) is 19.4. The van der Waals surface area contributed by atoms with E-state index in [2.05, 4.69) is 22.6 Å². The van der Waals surface area contributed by atoms with E-state index in [1.807, 2.05) is 4.90 Å². The van der Waals surface area contributed by atoms with Crippen molar-refractivity contribution in [3.05, 3.63) is 18.2 Å². The molecule has 2 heterocycles. The highest BCUT2D eigenvalue weighted by Gasteiger charge is 2.35. The molecule has 1 fully saturated rings. The van der Waals surface area contributed by atoms with Crippen LogP contribution >= 0.6 is 11.7 Å². The lowest BCUT2D eigenvalue weighted by Crippen LogP contribution is -2.47. The van der Waals surface area contributed by atoms with Crippen LogP contribution in [-0.2, 0) is 14.8 Å². The Morgan fingerprint density at radius 2 is 2.00 bits per heavy atom. The van der Waals surface area contributed by atoms with Gasteiger partial charge in [-0.2, -0.15) is 13.1 Å². The Morgan fingerprint density at radius 3 is 2.70 bits per heavy atom. The van der Waals surface area contributed by atoms with E-state index >= 15 is 0 Å². The van der Waals surface area contributed by atoms with Gasteiger partial charge in [-0.25, -0.2) is 8.42 Å². The summed E-state index contributed by atoms with van der Waals surface area (Å²) in [5.74, 6) is -0.202. The van der Waals surface area contributed by atoms with Crippen LogP contribution in [0.25, 0.3) is 11.0 Å². The molecule has 3 rings (SSSR count). The predicted molar refractivity (Wildman–Crippen MR) is 106 cm³/mol. The number of hydrogen-bond donors (Lipinski definition) is 0. The minimum Gasteiger partial charge on any atom is -0.342 e. The van der Waals surface area contributed by atoms with Gasteiger partial charge < -0.3 is 4.90 Å². The Morgan fingerprint density at radius 1 is 1.26 bits per heavy atom. The van der Waals surface area contributed by atoms with Crippen LogP contribution < -0.4 is 0 Å². The van der Waals surface area contributed by atoms with Gasteiger partial charge in [-0.15, -0.1) is 0 Å². The fourth-order valence-corrected chi connectivity index (χ4v) is 5.90. The molecule has 9 heteroatoms. The van der Waals surface area contributed by atoms with Crippen molar-refractivity contribution in [1.29, 1.82) is 0 Å². The summed E-state index contributed by atoms with van der Waals surface area (Å²) in [5.41, 5.74) is 0.998. The molecule has 1 aliphatic heterocycles. The summed E-state index contributed by atoms with van der Waals surface area (Å²) in [6.07, 6.45) is 3.23. The molecule has 148 valence electrons. The molecule has 1 aromatic carbocycles. The van der Waals surface area contributed by atoms with Crippen LogP contribution in [0.3, 0.4) is 0 Å². The number of carbonyl (C=O) groups excluding carboxylic acids is 1. The number of amides is 1. The second-order valence-electron chi connectivity index (χ2n) is 6.92. The molecular weight excluding hydrogens is 384 g/mol. The molecule has 27 heavy (non-hydrogen) atoms. The van der Waals surface area contributed by atoms with Crippen LogP contribution in [0.4, 0.5) is 0 Å². The molecule has 1 unspecified atom stereocenters. The van der Waals surface area contributed by atoms with Crippen molar-refractivity contribution in [2.24, 2.45) is 5.92 Å². The number of benzene rings is 1. The predicted octanol–water partition coefficient (Wildman–Crippen LogP) is 2.74. The summed E-state index contributed by atoms with van der Waals surface area (Å²) >= 11 is 1.01. The average molecular weight is 411 g/mol. The standard InChI is InChI=1S/C18H26N4O3S2/c1-3-10-21(11-4-2)18(23)14-7-6-12-22(13-14)27(24,25)16-9-5-8-15-17(16)20-26-19-15/h5,8-9,14H,3-4,6-7,10-13H2,1-2H3. The van der Waals surface area contributed by atoms with Crippen LogP contribution in [0.1, 0.15) is 39.5 Å². The Labute approximate surface area is 164 Å². The molecule has 2 aromatic rings. The number of fused-ring (bicyclic) bond motifs is 1. The van der Waals surface area contributed by atoms with Gasteiger partial charge in [0.2, 0.25) is 15.9 Å². The summed E-state index contributed by atoms with van der Waals surface area (Å²) in [4.78, 5) is 15.0. The van der Waals surface area contributed by atoms with Crippen LogP contribution in [0, 0.1) is 5.92 Å². The van der Waals surface area contributed by atoms with Crippen LogP contribution in [0.15, 0.2) is 23.1 Å². The molecule has 0 spiro atoms. The Hall–Kier alpha value is -1.58. The maximum Gasteiger partial charge on any atom is 0.245 e. The molecule has 0 saturated carbocycles. The van der Waals surface area contributed by atoms with E-state index in [0.717, 1.165) is 44.1 Å². The number of sulfonamides is 1. The zero-order valence-electron chi connectivity index (χ0n) is 15.8. The first-order valence-corrected chi connectivity index (χ1v) is 11.7. The van der Waals surface area contributed by atoms with E-state index in [1.165, 1.54) is 4.31 Å². The van der Waals surface area contributed by atoms with Gasteiger partial charge in [-0.3, -0.25) is 4.79 Å². The van der Waals surface area contributed by atoms with Crippen molar-refractivity contribution in [1.82, 2.24) is 18.0 Å². The summed E-state index contributed by atoms with van der Waals surface area (Å²) in [6, 6.07) is 5.02. The lowest BCUT2D eigenvalue weighted by Gasteiger charge is -2.34. The molecular formula is C18H26N4O3S2. The van der Waals surface area contributed by atoms with Gasteiger partial charge in [0.25, 0.3) is 0 Å². The number of carbonyl (C=O) groups is 1. The van der Waals surface area contributed by atoms with E-state index in [1.54, 1.807) is 18.2 Å². The summed E-state index contributed by atoms with van der Waals surface area (Å²) in [6.45, 7) is 6.21. The molecule has 1 atom stereocenters. The van der Waals surface area contributed by atoms with Gasteiger partial charge in [-0.1, -0.05) is 19.9 Å². The maximum atomic E-state index is 13.2. The van der Waals surface area contributed by atoms with E-state index in [9.17, 15) is 13.2 Å². The quantitative estimate of drug-likeness (QED) is 0.701. The van der Waals surface area contributed by atoms with Crippen molar-refractivity contribution < 1.29 is 13.2 Å². The fourth-order valence-electron chi connectivity index (χ4n) is 3.62. The molecule has 0 N–H and O–H groups in total. The smallest absolute Gasteiger partial charge is 0.245 e. The summed E-state index contributed by atoms with van der Waals surface area (Å²) in [7, 11) is -3.71. The lowest BCUT2D eigenvalue weighted by atomic mass is 9.98. The normalized spacial score (nSPS) is 18.7. The Balaban J connectivity index is 1.83.